The molecule has 0 radical (unpaired) electrons. The summed E-state index contributed by atoms with van der Waals surface area (Å²) >= 11 is 0. The summed E-state index contributed by atoms with van der Waals surface area (Å²) < 4.78 is 11.1. The number of hydrogen-bond donors (Lipinski definition) is 1. The Morgan fingerprint density at radius 3 is 2.37 bits per heavy atom. The van der Waals surface area contributed by atoms with Crippen molar-refractivity contribution in [2.24, 2.45) is 5.73 Å². The number of halogens is 1. The van der Waals surface area contributed by atoms with Gasteiger partial charge in [0, 0.05) is 19.1 Å². The molecule has 4 nitrogen and oxygen atoms in total. The van der Waals surface area contributed by atoms with Crippen LogP contribution in [-0.4, -0.2) is 43.8 Å². The Bertz CT molecular complexity index is 359. The number of hydrogen-bond acceptors (Lipinski definition) is 4. The SMILES string of the molecule is CCOc1ccc(OCCN2CC[C@H](N)C2)cc1.Cl. The van der Waals surface area contributed by atoms with E-state index >= 15 is 0 Å². The van der Waals surface area contributed by atoms with E-state index in [2.05, 4.69) is 4.90 Å². The molecule has 0 bridgehead atoms. The van der Waals surface area contributed by atoms with Crippen LogP contribution in [-0.2, 0) is 0 Å². The Morgan fingerprint density at radius 1 is 1.21 bits per heavy atom. The molecule has 1 aromatic rings. The molecule has 1 saturated heterocycles. The molecule has 19 heavy (non-hydrogen) atoms. The molecule has 0 spiro atoms. The Hall–Kier alpha value is -0.970. The molecule has 0 saturated carbocycles. The Labute approximate surface area is 121 Å². The van der Waals surface area contributed by atoms with Crippen molar-refractivity contribution >= 4 is 12.4 Å². The fourth-order valence-corrected chi connectivity index (χ4v) is 2.16. The van der Waals surface area contributed by atoms with Crippen molar-refractivity contribution in [3.8, 4) is 11.5 Å². The van der Waals surface area contributed by atoms with Crippen molar-refractivity contribution < 1.29 is 9.47 Å². The molecule has 2 N–H and O–H groups in total. The molecular formula is C14H23ClN2O2. The molecule has 1 aliphatic heterocycles. The van der Waals surface area contributed by atoms with Crippen molar-refractivity contribution in [3.63, 3.8) is 0 Å². The highest BCUT2D eigenvalue weighted by Crippen LogP contribution is 2.17. The second-order valence-electron chi connectivity index (χ2n) is 4.60. The second-order valence-corrected chi connectivity index (χ2v) is 4.60. The van der Waals surface area contributed by atoms with E-state index in [4.69, 9.17) is 15.2 Å². The lowest BCUT2D eigenvalue weighted by molar-refractivity contribution is 0.236. The monoisotopic (exact) mass is 286 g/mol. The lowest BCUT2D eigenvalue weighted by Gasteiger charge is -2.15. The van der Waals surface area contributed by atoms with Gasteiger partial charge in [-0.1, -0.05) is 0 Å². The molecule has 108 valence electrons. The summed E-state index contributed by atoms with van der Waals surface area (Å²) in [5.74, 6) is 1.78. The number of rotatable bonds is 6. The fourth-order valence-electron chi connectivity index (χ4n) is 2.16. The van der Waals surface area contributed by atoms with E-state index in [1.54, 1.807) is 0 Å². The number of nitrogens with zero attached hydrogens (tertiary/aromatic N) is 1. The molecule has 1 atom stereocenters. The van der Waals surface area contributed by atoms with Crippen LogP contribution >= 0.6 is 12.4 Å². The van der Waals surface area contributed by atoms with Gasteiger partial charge < -0.3 is 15.2 Å². The second kappa shape index (κ2) is 8.25. The first kappa shape index (κ1) is 16.1. The first-order valence-electron chi connectivity index (χ1n) is 6.61. The number of likely N-dealkylation sites (tertiary alicyclic amines) is 1. The van der Waals surface area contributed by atoms with Gasteiger partial charge in [0.1, 0.15) is 18.1 Å². The predicted octanol–water partition coefficient (Wildman–Crippen LogP) is 1.92. The van der Waals surface area contributed by atoms with Gasteiger partial charge in [0.25, 0.3) is 0 Å². The van der Waals surface area contributed by atoms with Gasteiger partial charge in [-0.3, -0.25) is 4.90 Å². The third-order valence-corrected chi connectivity index (χ3v) is 3.12. The van der Waals surface area contributed by atoms with Gasteiger partial charge in [0.05, 0.1) is 6.61 Å². The zero-order valence-corrected chi connectivity index (χ0v) is 12.2. The van der Waals surface area contributed by atoms with Crippen molar-refractivity contribution in [2.45, 2.75) is 19.4 Å². The van der Waals surface area contributed by atoms with Gasteiger partial charge >= 0.3 is 0 Å². The molecular weight excluding hydrogens is 264 g/mol. The topological polar surface area (TPSA) is 47.7 Å². The summed E-state index contributed by atoms with van der Waals surface area (Å²) in [6.45, 7) is 6.41. The minimum Gasteiger partial charge on any atom is -0.494 e. The molecule has 0 aliphatic carbocycles. The van der Waals surface area contributed by atoms with Crippen LogP contribution in [0.2, 0.25) is 0 Å². The van der Waals surface area contributed by atoms with Crippen LogP contribution in [0.1, 0.15) is 13.3 Å². The van der Waals surface area contributed by atoms with Crippen LogP contribution in [0.25, 0.3) is 0 Å². The molecule has 0 aromatic heterocycles. The van der Waals surface area contributed by atoms with Crippen LogP contribution in [0, 0.1) is 0 Å². The average molecular weight is 287 g/mol. The maximum absolute atomic E-state index is 5.86. The molecule has 1 fully saturated rings. The van der Waals surface area contributed by atoms with Crippen molar-refractivity contribution in [2.75, 3.05) is 32.8 Å². The largest absolute Gasteiger partial charge is 0.494 e. The van der Waals surface area contributed by atoms with E-state index in [1.807, 2.05) is 31.2 Å². The van der Waals surface area contributed by atoms with Crippen molar-refractivity contribution in [1.82, 2.24) is 4.90 Å². The Morgan fingerprint density at radius 2 is 1.84 bits per heavy atom. The smallest absolute Gasteiger partial charge is 0.119 e. The summed E-state index contributed by atoms with van der Waals surface area (Å²) in [4.78, 5) is 2.35. The fraction of sp³-hybridized carbons (Fsp3) is 0.571. The zero-order valence-electron chi connectivity index (χ0n) is 11.4. The lowest BCUT2D eigenvalue weighted by atomic mass is 10.3. The molecule has 0 amide bonds. The average Bonchev–Trinajstić information content (AvgIpc) is 2.78. The minimum absolute atomic E-state index is 0. The Kier molecular flexibility index (Phi) is 6.99. The summed E-state index contributed by atoms with van der Waals surface area (Å²) in [5.41, 5.74) is 5.86. The van der Waals surface area contributed by atoms with Gasteiger partial charge in [0.15, 0.2) is 0 Å². The summed E-state index contributed by atoms with van der Waals surface area (Å²) in [5, 5.41) is 0. The van der Waals surface area contributed by atoms with Gasteiger partial charge in [-0.05, 0) is 44.2 Å². The maximum Gasteiger partial charge on any atom is 0.119 e. The molecule has 1 aromatic carbocycles. The normalized spacial score (nSPS) is 18.9. The molecule has 2 rings (SSSR count). The number of ether oxygens (including phenoxy) is 2. The van der Waals surface area contributed by atoms with E-state index in [0.29, 0.717) is 19.3 Å². The van der Waals surface area contributed by atoms with Gasteiger partial charge in [0.2, 0.25) is 0 Å². The first-order chi connectivity index (χ1) is 8.78. The molecule has 0 unspecified atom stereocenters. The van der Waals surface area contributed by atoms with E-state index in [1.165, 1.54) is 0 Å². The van der Waals surface area contributed by atoms with Crippen molar-refractivity contribution in [1.29, 1.82) is 0 Å². The first-order valence-corrected chi connectivity index (χ1v) is 6.61. The molecule has 1 aliphatic rings. The van der Waals surface area contributed by atoms with Gasteiger partial charge in [-0.2, -0.15) is 0 Å². The van der Waals surface area contributed by atoms with Crippen molar-refractivity contribution in [3.05, 3.63) is 24.3 Å². The number of nitrogens with two attached hydrogens (primary N) is 1. The van der Waals surface area contributed by atoms with E-state index in [9.17, 15) is 0 Å². The minimum atomic E-state index is 0. The molecule has 5 heteroatoms. The standard InChI is InChI=1S/C14H22N2O2.ClH/c1-2-17-13-3-5-14(6-4-13)18-10-9-16-8-7-12(15)11-16;/h3-6,12H,2,7-11,15H2,1H3;1H/t12-;/m0./s1. The number of benzene rings is 1. The van der Waals surface area contributed by atoms with Crippen LogP contribution in [0.3, 0.4) is 0 Å². The van der Waals surface area contributed by atoms with Crippen LogP contribution in [0.5, 0.6) is 11.5 Å². The van der Waals surface area contributed by atoms with Crippen LogP contribution in [0.15, 0.2) is 24.3 Å². The Balaban J connectivity index is 0.00000180. The van der Waals surface area contributed by atoms with Crippen LogP contribution in [0.4, 0.5) is 0 Å². The van der Waals surface area contributed by atoms with E-state index in [-0.39, 0.29) is 12.4 Å². The highest BCUT2D eigenvalue weighted by atomic mass is 35.5. The predicted molar refractivity (Wildman–Crippen MR) is 79.4 cm³/mol. The summed E-state index contributed by atoms with van der Waals surface area (Å²) in [6.07, 6.45) is 1.10. The lowest BCUT2D eigenvalue weighted by Crippen LogP contribution is -2.29. The van der Waals surface area contributed by atoms with E-state index < -0.39 is 0 Å². The third kappa shape index (κ3) is 5.27. The molecule has 1 heterocycles. The van der Waals surface area contributed by atoms with Gasteiger partial charge in [-0.25, -0.2) is 0 Å². The zero-order chi connectivity index (χ0) is 12.8. The highest BCUT2D eigenvalue weighted by Gasteiger charge is 2.18. The third-order valence-electron chi connectivity index (χ3n) is 3.12. The highest BCUT2D eigenvalue weighted by molar-refractivity contribution is 5.85. The summed E-state index contributed by atoms with van der Waals surface area (Å²) in [6, 6.07) is 8.10. The van der Waals surface area contributed by atoms with Crippen LogP contribution < -0.4 is 15.2 Å². The summed E-state index contributed by atoms with van der Waals surface area (Å²) in [7, 11) is 0. The van der Waals surface area contributed by atoms with E-state index in [0.717, 1.165) is 37.6 Å². The maximum atomic E-state index is 5.86. The van der Waals surface area contributed by atoms with Gasteiger partial charge in [-0.15, -0.1) is 12.4 Å². The quantitative estimate of drug-likeness (QED) is 0.868.